The van der Waals surface area contributed by atoms with Crippen molar-refractivity contribution in [3.8, 4) is 5.75 Å². The largest absolute Gasteiger partial charge is 0.489 e. The van der Waals surface area contributed by atoms with Crippen LogP contribution < -0.4 is 15.8 Å². The Morgan fingerprint density at radius 1 is 0.838 bits per heavy atom. The molecule has 0 radical (unpaired) electrons. The minimum atomic E-state index is -3.25. The fourth-order valence-corrected chi connectivity index (χ4v) is 5.37. The van der Waals surface area contributed by atoms with Gasteiger partial charge < -0.3 is 24.8 Å². The molecule has 0 aliphatic rings. The van der Waals surface area contributed by atoms with Crippen LogP contribution in [0.5, 0.6) is 5.75 Å². The number of hydrogen-bond acceptors (Lipinski definition) is 6. The average Bonchev–Trinajstić information content (AvgIpc) is 2.89. The molecule has 2 amide bonds. The number of hydrogen-bond donors (Lipinski definition) is 2. The summed E-state index contributed by atoms with van der Waals surface area (Å²) in [7, 11) is -3.25. The van der Waals surface area contributed by atoms with Gasteiger partial charge in [0.15, 0.2) is 0 Å². The van der Waals surface area contributed by atoms with Crippen LogP contribution in [0.4, 0.5) is 0 Å². The molecule has 0 bridgehead atoms. The number of primary amides is 1. The van der Waals surface area contributed by atoms with Crippen molar-refractivity contribution in [1.29, 1.82) is 0 Å². The van der Waals surface area contributed by atoms with Gasteiger partial charge in [-0.1, -0.05) is 54.6 Å². The van der Waals surface area contributed by atoms with Crippen LogP contribution in [0, 0.1) is 0 Å². The lowest BCUT2D eigenvalue weighted by Gasteiger charge is -2.18. The minimum Gasteiger partial charge on any atom is -0.489 e. The number of carbonyl (C=O) groups excluding carboxylic acids is 2. The van der Waals surface area contributed by atoms with E-state index >= 15 is 0 Å². The van der Waals surface area contributed by atoms with E-state index in [2.05, 4.69) is 5.32 Å². The van der Waals surface area contributed by atoms with Crippen LogP contribution in [0.1, 0.15) is 40.9 Å². The van der Waals surface area contributed by atoms with Gasteiger partial charge in [-0.3, -0.25) is 14.2 Å². The summed E-state index contributed by atoms with van der Waals surface area (Å²) < 4.78 is 29.2. The number of nitrogens with one attached hydrogen (secondary N) is 1. The van der Waals surface area contributed by atoms with E-state index < -0.39 is 25.5 Å². The molecular weight excluding hydrogens is 491 g/mol. The van der Waals surface area contributed by atoms with Gasteiger partial charge in [0.1, 0.15) is 18.4 Å². The van der Waals surface area contributed by atoms with Gasteiger partial charge >= 0.3 is 7.60 Å². The number of nitrogens with two attached hydrogens (primary N) is 1. The molecular formula is C28H33N2O6P. The first kappa shape index (κ1) is 28.1. The van der Waals surface area contributed by atoms with Crippen molar-refractivity contribution in [2.45, 2.75) is 39.1 Å². The van der Waals surface area contributed by atoms with Crippen molar-refractivity contribution in [3.05, 3.63) is 101 Å². The Kier molecular flexibility index (Phi) is 10.4. The number of rotatable bonds is 14. The van der Waals surface area contributed by atoms with E-state index in [1.165, 1.54) is 0 Å². The fraction of sp³-hybridized carbons (Fsp3) is 0.286. The van der Waals surface area contributed by atoms with E-state index in [1.54, 1.807) is 38.1 Å². The van der Waals surface area contributed by atoms with E-state index in [1.807, 2.05) is 54.6 Å². The maximum Gasteiger partial charge on any atom is 0.335 e. The summed E-state index contributed by atoms with van der Waals surface area (Å²) >= 11 is 0. The van der Waals surface area contributed by atoms with E-state index in [4.69, 9.17) is 19.5 Å². The lowest BCUT2D eigenvalue weighted by atomic mass is 10.0. The quantitative estimate of drug-likeness (QED) is 0.291. The summed E-state index contributed by atoms with van der Waals surface area (Å²) in [5.41, 5.74) is 8.52. The third-order valence-corrected chi connectivity index (χ3v) is 7.56. The first-order valence-corrected chi connectivity index (χ1v) is 13.9. The van der Waals surface area contributed by atoms with Crippen molar-refractivity contribution >= 4 is 19.4 Å². The topological polar surface area (TPSA) is 117 Å². The van der Waals surface area contributed by atoms with Gasteiger partial charge in [0.25, 0.3) is 5.91 Å². The highest BCUT2D eigenvalue weighted by atomic mass is 31.2. The van der Waals surface area contributed by atoms with Gasteiger partial charge in [-0.25, -0.2) is 0 Å². The minimum absolute atomic E-state index is 0.103. The van der Waals surface area contributed by atoms with Crippen molar-refractivity contribution in [3.63, 3.8) is 0 Å². The van der Waals surface area contributed by atoms with Crippen molar-refractivity contribution in [1.82, 2.24) is 5.32 Å². The molecule has 8 nitrogen and oxygen atoms in total. The molecule has 0 aliphatic heterocycles. The first-order valence-electron chi connectivity index (χ1n) is 12.1. The van der Waals surface area contributed by atoms with Gasteiger partial charge in [-0.15, -0.1) is 0 Å². The number of ether oxygens (including phenoxy) is 1. The highest BCUT2D eigenvalue weighted by Crippen LogP contribution is 2.51. The average molecular weight is 525 g/mol. The van der Waals surface area contributed by atoms with Crippen molar-refractivity contribution in [2.24, 2.45) is 5.73 Å². The number of benzene rings is 3. The zero-order valence-corrected chi connectivity index (χ0v) is 22.0. The van der Waals surface area contributed by atoms with Gasteiger partial charge in [0.05, 0.1) is 19.4 Å². The Hall–Kier alpha value is -3.45. The van der Waals surface area contributed by atoms with Crippen LogP contribution in [0.3, 0.4) is 0 Å². The fourth-order valence-electron chi connectivity index (χ4n) is 3.67. The lowest BCUT2D eigenvalue weighted by Crippen LogP contribution is -2.45. The normalized spacial score (nSPS) is 12.1. The van der Waals surface area contributed by atoms with Gasteiger partial charge in [0, 0.05) is 12.0 Å². The molecule has 0 unspecified atom stereocenters. The summed E-state index contributed by atoms with van der Waals surface area (Å²) in [6.07, 6.45) is 0.343. The SMILES string of the molecule is CCOP(=O)(Cc1ccc(C(=O)N[C@@H](Cc2ccc(OCc3ccccc3)cc2)C(N)=O)cc1)OCC. The molecule has 3 aromatic rings. The molecule has 0 saturated heterocycles. The predicted octanol–water partition coefficient (Wildman–Crippen LogP) is 4.86. The van der Waals surface area contributed by atoms with Crippen molar-refractivity contribution in [2.75, 3.05) is 13.2 Å². The second-order valence-corrected chi connectivity index (χ2v) is 10.4. The monoisotopic (exact) mass is 524 g/mol. The van der Waals surface area contributed by atoms with Gasteiger partial charge in [-0.05, 0) is 54.8 Å². The van der Waals surface area contributed by atoms with Crippen LogP contribution in [-0.2, 0) is 37.6 Å². The molecule has 0 heterocycles. The highest BCUT2D eigenvalue weighted by molar-refractivity contribution is 7.53. The number of amides is 2. The molecule has 1 atom stereocenters. The zero-order valence-electron chi connectivity index (χ0n) is 21.1. The van der Waals surface area contributed by atoms with Crippen LogP contribution in [-0.4, -0.2) is 31.1 Å². The summed E-state index contributed by atoms with van der Waals surface area (Å²) in [6, 6.07) is 22.8. The Morgan fingerprint density at radius 2 is 1.43 bits per heavy atom. The third kappa shape index (κ3) is 8.86. The zero-order chi connectivity index (χ0) is 26.7. The number of carbonyl (C=O) groups is 2. The Morgan fingerprint density at radius 3 is 2.00 bits per heavy atom. The maximum atomic E-state index is 12.8. The molecule has 0 fully saturated rings. The third-order valence-electron chi connectivity index (χ3n) is 5.50. The van der Waals surface area contributed by atoms with Gasteiger partial charge in [0.2, 0.25) is 5.91 Å². The molecule has 3 aromatic carbocycles. The second-order valence-electron chi connectivity index (χ2n) is 8.35. The van der Waals surface area contributed by atoms with E-state index in [9.17, 15) is 14.2 Å². The lowest BCUT2D eigenvalue weighted by molar-refractivity contribution is -0.119. The van der Waals surface area contributed by atoms with Crippen LogP contribution in [0.25, 0.3) is 0 Å². The van der Waals surface area contributed by atoms with Crippen LogP contribution in [0.2, 0.25) is 0 Å². The van der Waals surface area contributed by atoms with Crippen LogP contribution >= 0.6 is 7.60 Å². The summed E-state index contributed by atoms with van der Waals surface area (Å²) in [5, 5.41) is 2.70. The smallest absolute Gasteiger partial charge is 0.335 e. The summed E-state index contributed by atoms with van der Waals surface area (Å²) in [5.74, 6) is -0.370. The maximum absolute atomic E-state index is 12.8. The molecule has 196 valence electrons. The Bertz CT molecular complexity index is 1190. The molecule has 0 spiro atoms. The van der Waals surface area contributed by atoms with E-state index in [-0.39, 0.29) is 25.8 Å². The summed E-state index contributed by atoms with van der Waals surface area (Å²) in [6.45, 7) is 4.50. The molecule has 37 heavy (non-hydrogen) atoms. The van der Waals surface area contributed by atoms with E-state index in [0.29, 0.717) is 23.5 Å². The molecule has 0 saturated carbocycles. The second kappa shape index (κ2) is 13.7. The molecule has 0 aliphatic carbocycles. The molecule has 3 rings (SSSR count). The van der Waals surface area contributed by atoms with Crippen LogP contribution in [0.15, 0.2) is 78.9 Å². The highest BCUT2D eigenvalue weighted by Gasteiger charge is 2.24. The standard InChI is InChI=1S/C28H33N2O6P/c1-3-35-37(33,36-4-2)20-23-10-14-24(15-11-23)28(32)30-26(27(29)31)18-21-12-16-25(17-13-21)34-19-22-8-6-5-7-9-22/h5-17,26H,3-4,18-20H2,1-2H3,(H2,29,31)(H,30,32)/t26-/m0/s1. The summed E-state index contributed by atoms with van der Waals surface area (Å²) in [4.78, 5) is 24.8. The van der Waals surface area contributed by atoms with E-state index in [0.717, 1.165) is 11.1 Å². The van der Waals surface area contributed by atoms with Crippen molar-refractivity contribution < 1.29 is 27.9 Å². The molecule has 0 aromatic heterocycles. The first-order chi connectivity index (χ1) is 17.8. The Balaban J connectivity index is 1.58. The Labute approximate surface area is 217 Å². The molecule has 9 heteroatoms. The predicted molar refractivity (Wildman–Crippen MR) is 142 cm³/mol. The molecule has 3 N–H and O–H groups in total. The van der Waals surface area contributed by atoms with Gasteiger partial charge in [-0.2, -0.15) is 0 Å².